The van der Waals surface area contributed by atoms with Crippen LogP contribution in [0.4, 0.5) is 0 Å². The van der Waals surface area contributed by atoms with Gasteiger partial charge in [-0.05, 0) is 55.5 Å². The van der Waals surface area contributed by atoms with Gasteiger partial charge in [-0.2, -0.15) is 0 Å². The fourth-order valence-corrected chi connectivity index (χ4v) is 2.94. The molecule has 1 aromatic carbocycles. The Hall–Kier alpha value is -1.32. The van der Waals surface area contributed by atoms with Crippen molar-refractivity contribution in [1.29, 1.82) is 0 Å². The van der Waals surface area contributed by atoms with Crippen molar-refractivity contribution in [3.8, 4) is 5.75 Å². The van der Waals surface area contributed by atoms with Gasteiger partial charge in [0.25, 0.3) is 0 Å². The minimum absolute atomic E-state index is 0.106. The molecule has 19 heavy (non-hydrogen) atoms. The van der Waals surface area contributed by atoms with E-state index in [9.17, 15) is 0 Å². The van der Waals surface area contributed by atoms with Gasteiger partial charge in [-0.25, -0.2) is 0 Å². The topological polar surface area (TPSA) is 47.3 Å². The van der Waals surface area contributed by atoms with E-state index >= 15 is 0 Å². The summed E-state index contributed by atoms with van der Waals surface area (Å²) in [5, 5.41) is 3.64. The molecule has 3 N–H and O–H groups in total. The Balaban J connectivity index is 2.33. The molecule has 1 aliphatic rings. The molecule has 3 nitrogen and oxygen atoms in total. The van der Waals surface area contributed by atoms with E-state index in [0.717, 1.165) is 31.6 Å². The molecule has 0 saturated carbocycles. The van der Waals surface area contributed by atoms with Gasteiger partial charge in [0.1, 0.15) is 5.75 Å². The van der Waals surface area contributed by atoms with Crippen LogP contribution >= 0.6 is 0 Å². The Morgan fingerprint density at radius 3 is 3.05 bits per heavy atom. The van der Waals surface area contributed by atoms with Crippen LogP contribution in [0.1, 0.15) is 30.4 Å². The molecule has 0 heterocycles. The zero-order valence-electron chi connectivity index (χ0n) is 11.7. The highest BCUT2D eigenvalue weighted by molar-refractivity contribution is 5.42. The molecular weight excluding hydrogens is 236 g/mol. The van der Waals surface area contributed by atoms with E-state index in [1.165, 1.54) is 17.5 Å². The van der Waals surface area contributed by atoms with E-state index in [0.29, 0.717) is 6.54 Å². The highest BCUT2D eigenvalue weighted by Gasteiger charge is 2.34. The van der Waals surface area contributed by atoms with Crippen molar-refractivity contribution < 1.29 is 4.74 Å². The second-order valence-electron chi connectivity index (χ2n) is 5.17. The molecule has 1 unspecified atom stereocenters. The van der Waals surface area contributed by atoms with Crippen molar-refractivity contribution in [3.63, 3.8) is 0 Å². The maximum absolute atomic E-state index is 6.10. The van der Waals surface area contributed by atoms with Crippen molar-refractivity contribution in [2.45, 2.75) is 31.2 Å². The summed E-state index contributed by atoms with van der Waals surface area (Å²) in [7, 11) is 1.71. The number of ether oxygens (including phenoxy) is 1. The number of rotatable bonds is 6. The molecule has 0 spiro atoms. The van der Waals surface area contributed by atoms with Crippen LogP contribution in [0.5, 0.6) is 5.75 Å². The summed E-state index contributed by atoms with van der Waals surface area (Å²) in [6.07, 6.45) is 6.29. The number of hydrogen-bond acceptors (Lipinski definition) is 3. The van der Waals surface area contributed by atoms with Crippen LogP contribution in [-0.2, 0) is 12.0 Å². The summed E-state index contributed by atoms with van der Waals surface area (Å²) in [5.41, 5.74) is 8.69. The summed E-state index contributed by atoms with van der Waals surface area (Å²) >= 11 is 0. The standard InChI is InChI=1S/C16H24N2O/c1-3-4-10-18-16(12-17)9-5-6-13-7-8-14(19-2)11-15(13)16/h3,7-8,11,18H,1,4-6,9-10,12,17H2,2H3. The Morgan fingerprint density at radius 2 is 2.37 bits per heavy atom. The minimum Gasteiger partial charge on any atom is -0.497 e. The molecule has 1 atom stereocenters. The summed E-state index contributed by atoms with van der Waals surface area (Å²) in [4.78, 5) is 0. The smallest absolute Gasteiger partial charge is 0.119 e. The largest absolute Gasteiger partial charge is 0.497 e. The lowest BCUT2D eigenvalue weighted by Gasteiger charge is -2.39. The monoisotopic (exact) mass is 260 g/mol. The molecule has 3 heteroatoms. The van der Waals surface area contributed by atoms with Crippen molar-refractivity contribution in [1.82, 2.24) is 5.32 Å². The fraction of sp³-hybridized carbons (Fsp3) is 0.500. The van der Waals surface area contributed by atoms with Crippen molar-refractivity contribution >= 4 is 0 Å². The number of hydrogen-bond donors (Lipinski definition) is 2. The molecule has 0 fully saturated rings. The third kappa shape index (κ3) is 2.82. The van der Waals surface area contributed by atoms with Crippen molar-refractivity contribution in [2.24, 2.45) is 5.73 Å². The van der Waals surface area contributed by atoms with E-state index in [4.69, 9.17) is 10.5 Å². The number of nitrogens with two attached hydrogens (primary N) is 1. The van der Waals surface area contributed by atoms with Gasteiger partial charge in [-0.3, -0.25) is 0 Å². The van der Waals surface area contributed by atoms with Crippen LogP contribution in [0.15, 0.2) is 30.9 Å². The average Bonchev–Trinajstić information content (AvgIpc) is 2.47. The quantitative estimate of drug-likeness (QED) is 0.610. The predicted octanol–water partition coefficient (Wildman–Crippen LogP) is 2.35. The zero-order valence-corrected chi connectivity index (χ0v) is 11.7. The normalized spacial score (nSPS) is 21.8. The lowest BCUT2D eigenvalue weighted by molar-refractivity contribution is 0.293. The average molecular weight is 260 g/mol. The van der Waals surface area contributed by atoms with Gasteiger partial charge in [-0.1, -0.05) is 12.1 Å². The van der Waals surface area contributed by atoms with Crippen molar-refractivity contribution in [2.75, 3.05) is 20.2 Å². The molecule has 0 aromatic heterocycles. The highest BCUT2D eigenvalue weighted by Crippen LogP contribution is 2.36. The van der Waals surface area contributed by atoms with Gasteiger partial charge in [0.15, 0.2) is 0 Å². The first kappa shape index (κ1) is 14.1. The van der Waals surface area contributed by atoms with Crippen LogP contribution in [0.2, 0.25) is 0 Å². The molecule has 1 aliphatic carbocycles. The second kappa shape index (κ2) is 6.22. The fourth-order valence-electron chi connectivity index (χ4n) is 2.94. The van der Waals surface area contributed by atoms with Crippen LogP contribution < -0.4 is 15.8 Å². The first-order valence-corrected chi connectivity index (χ1v) is 6.99. The number of fused-ring (bicyclic) bond motifs is 1. The predicted molar refractivity (Wildman–Crippen MR) is 79.5 cm³/mol. The third-order valence-electron chi connectivity index (χ3n) is 4.04. The molecule has 0 saturated heterocycles. The van der Waals surface area contributed by atoms with E-state index in [-0.39, 0.29) is 5.54 Å². The van der Waals surface area contributed by atoms with Crippen LogP contribution in [-0.4, -0.2) is 20.2 Å². The van der Waals surface area contributed by atoms with Crippen LogP contribution in [0, 0.1) is 0 Å². The molecule has 104 valence electrons. The number of nitrogens with one attached hydrogen (secondary N) is 1. The summed E-state index contributed by atoms with van der Waals surface area (Å²) in [6, 6.07) is 6.35. The second-order valence-corrected chi connectivity index (χ2v) is 5.17. The number of aryl methyl sites for hydroxylation is 1. The van der Waals surface area contributed by atoms with Gasteiger partial charge >= 0.3 is 0 Å². The van der Waals surface area contributed by atoms with Gasteiger partial charge in [-0.15, -0.1) is 6.58 Å². The first-order chi connectivity index (χ1) is 9.25. The Kier molecular flexibility index (Phi) is 4.61. The van der Waals surface area contributed by atoms with Gasteiger partial charge in [0.05, 0.1) is 12.6 Å². The first-order valence-electron chi connectivity index (χ1n) is 6.99. The maximum atomic E-state index is 6.10. The van der Waals surface area contributed by atoms with Gasteiger partial charge in [0, 0.05) is 6.54 Å². The Morgan fingerprint density at radius 1 is 1.53 bits per heavy atom. The molecule has 0 amide bonds. The number of methoxy groups -OCH3 is 1. The van der Waals surface area contributed by atoms with Crippen LogP contribution in [0.3, 0.4) is 0 Å². The summed E-state index contributed by atoms with van der Waals surface area (Å²) < 4.78 is 5.36. The van der Waals surface area contributed by atoms with Crippen LogP contribution in [0.25, 0.3) is 0 Å². The molecule has 1 aromatic rings. The summed E-state index contributed by atoms with van der Waals surface area (Å²) in [6.45, 7) is 5.30. The molecule has 2 rings (SSSR count). The SMILES string of the molecule is C=CCCNC1(CN)CCCc2ccc(OC)cc21. The molecule has 0 bridgehead atoms. The number of benzene rings is 1. The zero-order chi connectivity index (χ0) is 13.7. The minimum atomic E-state index is -0.106. The molecular formula is C16H24N2O. The van der Waals surface area contributed by atoms with E-state index in [1.807, 2.05) is 12.1 Å². The highest BCUT2D eigenvalue weighted by atomic mass is 16.5. The lowest BCUT2D eigenvalue weighted by Crippen LogP contribution is -2.50. The lowest BCUT2D eigenvalue weighted by atomic mass is 9.76. The Labute approximate surface area is 115 Å². The third-order valence-corrected chi connectivity index (χ3v) is 4.04. The maximum Gasteiger partial charge on any atom is 0.119 e. The van der Waals surface area contributed by atoms with E-state index < -0.39 is 0 Å². The van der Waals surface area contributed by atoms with Gasteiger partial charge < -0.3 is 15.8 Å². The molecule has 0 radical (unpaired) electrons. The Bertz CT molecular complexity index is 444. The molecule has 0 aliphatic heterocycles. The van der Waals surface area contributed by atoms with Gasteiger partial charge in [0.2, 0.25) is 0 Å². The van der Waals surface area contributed by atoms with Crippen molar-refractivity contribution in [3.05, 3.63) is 42.0 Å². The summed E-state index contributed by atoms with van der Waals surface area (Å²) in [5.74, 6) is 0.906. The van der Waals surface area contributed by atoms with E-state index in [2.05, 4.69) is 24.0 Å². The van der Waals surface area contributed by atoms with E-state index in [1.54, 1.807) is 7.11 Å².